The van der Waals surface area contributed by atoms with Crippen LogP contribution in [0.25, 0.3) is 10.2 Å². The number of rotatable bonds is 2. The van der Waals surface area contributed by atoms with Gasteiger partial charge in [0.1, 0.15) is 0 Å². The first kappa shape index (κ1) is 18.8. The van der Waals surface area contributed by atoms with Crippen molar-refractivity contribution in [2.24, 2.45) is 18.0 Å². The van der Waals surface area contributed by atoms with Crippen LogP contribution in [0.15, 0.2) is 17.1 Å². The molecule has 3 rings (SSSR count). The lowest BCUT2D eigenvalue weighted by molar-refractivity contribution is -0.122. The molecule has 0 aliphatic carbocycles. The number of aromatic nitrogens is 1. The van der Waals surface area contributed by atoms with Crippen molar-refractivity contribution >= 4 is 60.7 Å². The molecule has 2 aromatic rings. The summed E-state index contributed by atoms with van der Waals surface area (Å²) in [7, 11) is -1.53. The molecule has 1 aromatic carbocycles. The molecule has 1 aliphatic rings. The van der Waals surface area contributed by atoms with E-state index in [1.54, 1.807) is 23.7 Å². The van der Waals surface area contributed by atoms with E-state index in [2.05, 4.69) is 4.99 Å². The van der Waals surface area contributed by atoms with Gasteiger partial charge in [-0.15, -0.1) is 0 Å². The number of carbonyl (C=O) groups is 1. The number of fused-ring (bicyclic) bond motifs is 1. The fourth-order valence-electron chi connectivity index (χ4n) is 2.92. The number of piperidine rings is 1. The second-order valence-corrected chi connectivity index (χ2v) is 9.84. The normalized spacial score (nSPS) is 20.3. The highest BCUT2D eigenvalue weighted by atomic mass is 35.5. The van der Waals surface area contributed by atoms with Crippen LogP contribution in [-0.2, 0) is 21.9 Å². The van der Waals surface area contributed by atoms with Gasteiger partial charge in [-0.25, -0.2) is 12.7 Å². The van der Waals surface area contributed by atoms with Crippen LogP contribution < -0.4 is 4.80 Å². The van der Waals surface area contributed by atoms with Crippen molar-refractivity contribution in [2.45, 2.75) is 12.8 Å². The predicted molar refractivity (Wildman–Crippen MR) is 101 cm³/mol. The van der Waals surface area contributed by atoms with Gasteiger partial charge < -0.3 is 4.57 Å². The van der Waals surface area contributed by atoms with Crippen LogP contribution in [0.5, 0.6) is 0 Å². The van der Waals surface area contributed by atoms with Crippen molar-refractivity contribution in [3.63, 3.8) is 0 Å². The molecule has 2 heterocycles. The smallest absolute Gasteiger partial charge is 0.252 e. The van der Waals surface area contributed by atoms with Gasteiger partial charge in [0.15, 0.2) is 4.80 Å². The van der Waals surface area contributed by atoms with Crippen molar-refractivity contribution in [3.8, 4) is 0 Å². The predicted octanol–water partition coefficient (Wildman–Crippen LogP) is 2.65. The number of carbonyl (C=O) groups excluding carboxylic acids is 1. The van der Waals surface area contributed by atoms with E-state index in [1.165, 1.54) is 15.6 Å². The molecular formula is C15H17Cl2N3O3S2. The molecule has 0 radical (unpaired) electrons. The third-order valence-electron chi connectivity index (χ3n) is 4.26. The van der Waals surface area contributed by atoms with E-state index in [0.717, 1.165) is 16.5 Å². The lowest BCUT2D eigenvalue weighted by Crippen LogP contribution is -2.41. The highest BCUT2D eigenvalue weighted by Gasteiger charge is 2.30. The number of aryl methyl sites for hydroxylation is 1. The maximum Gasteiger partial charge on any atom is 0.252 e. The summed E-state index contributed by atoms with van der Waals surface area (Å²) >= 11 is 13.7. The van der Waals surface area contributed by atoms with Gasteiger partial charge in [0.2, 0.25) is 10.0 Å². The van der Waals surface area contributed by atoms with E-state index < -0.39 is 15.9 Å². The minimum absolute atomic E-state index is 0.178. The van der Waals surface area contributed by atoms with Crippen LogP contribution in [0.3, 0.4) is 0 Å². The Balaban J connectivity index is 1.97. The molecule has 136 valence electrons. The van der Waals surface area contributed by atoms with E-state index in [-0.39, 0.29) is 12.5 Å². The zero-order valence-corrected chi connectivity index (χ0v) is 16.8. The second-order valence-electron chi connectivity index (χ2n) is 6.06. The van der Waals surface area contributed by atoms with Gasteiger partial charge >= 0.3 is 0 Å². The zero-order valence-electron chi connectivity index (χ0n) is 13.7. The van der Waals surface area contributed by atoms with Crippen LogP contribution in [0.2, 0.25) is 10.0 Å². The Morgan fingerprint density at radius 3 is 2.64 bits per heavy atom. The Hall–Kier alpha value is -0.930. The second kappa shape index (κ2) is 7.00. The quantitative estimate of drug-likeness (QED) is 0.747. The Kier molecular flexibility index (Phi) is 5.28. The molecule has 1 fully saturated rings. The summed E-state index contributed by atoms with van der Waals surface area (Å²) in [6.45, 7) is 0.627. The van der Waals surface area contributed by atoms with E-state index in [4.69, 9.17) is 23.2 Å². The summed E-state index contributed by atoms with van der Waals surface area (Å²) in [6, 6.07) is 3.41. The molecule has 1 unspecified atom stereocenters. The summed E-state index contributed by atoms with van der Waals surface area (Å²) in [6.07, 6.45) is 2.44. The van der Waals surface area contributed by atoms with Gasteiger partial charge in [0.25, 0.3) is 5.91 Å². The lowest BCUT2D eigenvalue weighted by atomic mass is 9.99. The Morgan fingerprint density at radius 2 is 2.00 bits per heavy atom. The van der Waals surface area contributed by atoms with Crippen LogP contribution in [0.1, 0.15) is 12.8 Å². The molecule has 0 bridgehead atoms. The molecule has 1 amide bonds. The van der Waals surface area contributed by atoms with Crippen LogP contribution in [0.4, 0.5) is 0 Å². The van der Waals surface area contributed by atoms with E-state index in [0.29, 0.717) is 34.2 Å². The van der Waals surface area contributed by atoms with Gasteiger partial charge in [-0.05, 0) is 25.0 Å². The fourth-order valence-corrected chi connectivity index (χ4v) is 5.49. The van der Waals surface area contributed by atoms with Gasteiger partial charge in [0.05, 0.1) is 32.4 Å². The Morgan fingerprint density at radius 1 is 1.32 bits per heavy atom. The number of sulfonamides is 1. The van der Waals surface area contributed by atoms with Gasteiger partial charge in [-0.1, -0.05) is 34.5 Å². The summed E-state index contributed by atoms with van der Waals surface area (Å²) in [5.41, 5.74) is 0.729. The van der Waals surface area contributed by atoms with E-state index >= 15 is 0 Å². The standard InChI is InChI=1S/C15H17Cl2N3O3S2/c1-19-12-10(16)5-6-11(17)13(12)24-15(19)18-14(21)9-4-3-7-20(8-9)25(2,22)23/h5-6,9H,3-4,7-8H2,1-2H3. The summed E-state index contributed by atoms with van der Waals surface area (Å²) in [5.74, 6) is -0.748. The molecular weight excluding hydrogens is 405 g/mol. The van der Waals surface area contributed by atoms with E-state index in [1.807, 2.05) is 0 Å². The molecule has 1 atom stereocenters. The zero-order chi connectivity index (χ0) is 18.4. The first-order valence-electron chi connectivity index (χ1n) is 7.65. The van der Waals surface area contributed by atoms with Crippen LogP contribution >= 0.6 is 34.5 Å². The minimum atomic E-state index is -3.30. The third kappa shape index (κ3) is 3.78. The number of nitrogens with zero attached hydrogens (tertiary/aromatic N) is 3. The van der Waals surface area contributed by atoms with Crippen LogP contribution in [0, 0.1) is 5.92 Å². The number of hydrogen-bond donors (Lipinski definition) is 0. The average Bonchev–Trinajstić information content (AvgIpc) is 2.88. The minimum Gasteiger partial charge on any atom is -0.318 e. The maximum absolute atomic E-state index is 12.6. The highest BCUT2D eigenvalue weighted by Crippen LogP contribution is 2.31. The average molecular weight is 422 g/mol. The number of amides is 1. The fraction of sp³-hybridized carbons (Fsp3) is 0.467. The van der Waals surface area contributed by atoms with E-state index in [9.17, 15) is 13.2 Å². The molecule has 1 aromatic heterocycles. The maximum atomic E-state index is 12.6. The summed E-state index contributed by atoms with van der Waals surface area (Å²) < 4.78 is 27.3. The number of hydrogen-bond acceptors (Lipinski definition) is 4. The number of halogens is 2. The SMILES string of the molecule is Cn1c(=NC(=O)C2CCCN(S(C)(=O)=O)C2)sc2c(Cl)ccc(Cl)c21. The third-order valence-corrected chi connectivity index (χ3v) is 7.42. The monoisotopic (exact) mass is 421 g/mol. The largest absolute Gasteiger partial charge is 0.318 e. The van der Waals surface area contributed by atoms with Crippen molar-refractivity contribution in [1.82, 2.24) is 8.87 Å². The van der Waals surface area contributed by atoms with Gasteiger partial charge in [-0.2, -0.15) is 4.99 Å². The molecule has 10 heteroatoms. The summed E-state index contributed by atoms with van der Waals surface area (Å²) in [4.78, 5) is 17.3. The first-order valence-corrected chi connectivity index (χ1v) is 11.1. The van der Waals surface area contributed by atoms with Crippen molar-refractivity contribution in [3.05, 3.63) is 27.0 Å². The topological polar surface area (TPSA) is 71.7 Å². The molecule has 6 nitrogen and oxygen atoms in total. The van der Waals surface area contributed by atoms with Gasteiger partial charge in [0, 0.05) is 20.1 Å². The van der Waals surface area contributed by atoms with Crippen molar-refractivity contribution in [2.75, 3.05) is 19.3 Å². The molecule has 0 saturated carbocycles. The number of benzene rings is 1. The molecule has 25 heavy (non-hydrogen) atoms. The highest BCUT2D eigenvalue weighted by molar-refractivity contribution is 7.88. The Bertz CT molecular complexity index is 1010. The Labute approximate surface area is 159 Å². The molecule has 0 N–H and O–H groups in total. The summed E-state index contributed by atoms with van der Waals surface area (Å²) in [5, 5.41) is 1.09. The molecule has 1 saturated heterocycles. The van der Waals surface area contributed by atoms with Crippen molar-refractivity contribution in [1.29, 1.82) is 0 Å². The lowest BCUT2D eigenvalue weighted by Gasteiger charge is -2.28. The molecule has 1 aliphatic heterocycles. The first-order chi connectivity index (χ1) is 11.7. The van der Waals surface area contributed by atoms with Crippen LogP contribution in [-0.4, -0.2) is 42.5 Å². The van der Waals surface area contributed by atoms with Crippen molar-refractivity contribution < 1.29 is 13.2 Å². The van der Waals surface area contributed by atoms with Gasteiger partial charge in [-0.3, -0.25) is 4.79 Å². The molecule has 0 spiro atoms. The number of thiazole rings is 1.